The molecule has 0 aromatic carbocycles. The van der Waals surface area contributed by atoms with Gasteiger partial charge in [0.15, 0.2) is 0 Å². The van der Waals surface area contributed by atoms with E-state index in [1.165, 1.54) is 0 Å². The number of carbonyl (C=O) groups is 3. The van der Waals surface area contributed by atoms with E-state index in [1.54, 1.807) is 0 Å². The van der Waals surface area contributed by atoms with Gasteiger partial charge in [0, 0.05) is 0 Å². The maximum absolute atomic E-state index is 10.9. The molecule has 0 bridgehead atoms. The number of hydrogen-bond donors (Lipinski definition) is 0. The van der Waals surface area contributed by atoms with Gasteiger partial charge in [0.2, 0.25) is 0 Å². The summed E-state index contributed by atoms with van der Waals surface area (Å²) in [6.07, 6.45) is 9.15. The zero-order chi connectivity index (χ0) is 11.1. The molecule has 1 rings (SSSR count). The van der Waals surface area contributed by atoms with Crippen LogP contribution in [0.1, 0.15) is 25.7 Å². The molecule has 0 aliphatic heterocycles. The molecule has 0 N–H and O–H groups in total. The van der Waals surface area contributed by atoms with Crippen molar-refractivity contribution >= 4 is 15.6 Å². The van der Waals surface area contributed by atoms with Gasteiger partial charge in [-0.05, 0) is 0 Å². The molecule has 1 aliphatic carbocycles. The fourth-order valence-electron chi connectivity index (χ4n) is 1.39. The van der Waals surface area contributed by atoms with Crippen LogP contribution in [0.4, 0.5) is 0 Å². The zero-order valence-corrected chi connectivity index (χ0v) is 9.48. The van der Waals surface area contributed by atoms with E-state index in [0.717, 1.165) is 23.7 Å². The van der Waals surface area contributed by atoms with Crippen molar-refractivity contribution in [1.29, 1.82) is 0 Å². The number of allylic oxidation sites excluding steroid dienone is 4. The van der Waals surface area contributed by atoms with Crippen molar-refractivity contribution < 1.29 is 27.2 Å². The van der Waals surface area contributed by atoms with Crippen LogP contribution in [0.2, 0.25) is 0 Å². The summed E-state index contributed by atoms with van der Waals surface area (Å²) in [5, 5.41) is 1.68. The molecule has 0 atom stereocenters. The summed E-state index contributed by atoms with van der Waals surface area (Å²) in [4.78, 5) is 32.8. The predicted octanol–water partition coefficient (Wildman–Crippen LogP) is 1.73. The van der Waals surface area contributed by atoms with Crippen molar-refractivity contribution in [3.8, 4) is 0 Å². The van der Waals surface area contributed by atoms with Gasteiger partial charge >= 0.3 is 91.2 Å². The average Bonchev–Trinajstić information content (AvgIpc) is 2.23. The molecule has 15 heavy (non-hydrogen) atoms. The Morgan fingerprint density at radius 1 is 0.933 bits per heavy atom. The molecular weight excluding hydrogens is 236 g/mol. The molecular formula is C11H14FeO3. The topological polar surface area (TPSA) is 51.2 Å². The first-order valence-corrected chi connectivity index (χ1v) is 7.16. The van der Waals surface area contributed by atoms with Crippen LogP contribution in [-0.2, 0) is 27.2 Å². The fourth-order valence-corrected chi connectivity index (χ4v) is 3.26. The standard InChI is InChI=1S/C8H11.3CHO.Fe/c1-2-4-6-8-7-5-3-1;3*1-2;/h1-2,7H,3-6H2;3*1H;. The van der Waals surface area contributed by atoms with Gasteiger partial charge in [-0.15, -0.1) is 0 Å². The molecule has 0 aromatic heterocycles. The van der Waals surface area contributed by atoms with Crippen LogP contribution in [0, 0.1) is 0 Å². The Labute approximate surface area is 91.5 Å². The van der Waals surface area contributed by atoms with Crippen LogP contribution in [0.5, 0.6) is 0 Å². The van der Waals surface area contributed by atoms with E-state index < -0.39 is 12.8 Å². The summed E-state index contributed by atoms with van der Waals surface area (Å²) in [5.74, 6) is 0. The molecule has 0 spiro atoms. The molecule has 0 radical (unpaired) electrons. The van der Waals surface area contributed by atoms with Crippen LogP contribution in [0.25, 0.3) is 0 Å². The van der Waals surface area contributed by atoms with E-state index in [2.05, 4.69) is 6.08 Å². The van der Waals surface area contributed by atoms with E-state index in [-0.39, 0.29) is 0 Å². The summed E-state index contributed by atoms with van der Waals surface area (Å²) in [6, 6.07) is 0. The SMILES string of the molecule is O=[CH][Fe]([CH]=O)([CH]=O)[C]1=CCCC=CCC1. The minimum atomic E-state index is -2.93. The molecule has 0 heterocycles. The van der Waals surface area contributed by atoms with Crippen LogP contribution in [0.15, 0.2) is 22.7 Å². The second-order valence-electron chi connectivity index (χ2n) is 3.13. The molecule has 0 fully saturated rings. The first kappa shape index (κ1) is 12.1. The summed E-state index contributed by atoms with van der Waals surface area (Å²) in [5.41, 5.74) is 0. The minimum absolute atomic E-state index is 0.560. The van der Waals surface area contributed by atoms with Crippen molar-refractivity contribution in [1.82, 2.24) is 0 Å². The molecule has 1 aliphatic rings. The summed E-state index contributed by atoms with van der Waals surface area (Å²) in [7, 11) is 0. The zero-order valence-electron chi connectivity index (χ0n) is 8.37. The van der Waals surface area contributed by atoms with Crippen molar-refractivity contribution in [2.45, 2.75) is 25.7 Å². The fraction of sp³-hybridized carbons (Fsp3) is 0.364. The van der Waals surface area contributed by atoms with Crippen LogP contribution in [0.3, 0.4) is 0 Å². The van der Waals surface area contributed by atoms with Gasteiger partial charge in [0.1, 0.15) is 0 Å². The number of carbonyl (C=O) groups excluding carboxylic acids is 3. The molecule has 0 amide bonds. The van der Waals surface area contributed by atoms with Gasteiger partial charge in [-0.25, -0.2) is 0 Å². The van der Waals surface area contributed by atoms with Crippen molar-refractivity contribution in [2.24, 2.45) is 0 Å². The Balaban J connectivity index is 2.95. The van der Waals surface area contributed by atoms with Crippen molar-refractivity contribution in [3.63, 3.8) is 0 Å². The second kappa shape index (κ2) is 5.79. The maximum atomic E-state index is 10.9. The monoisotopic (exact) mass is 250 g/mol. The summed E-state index contributed by atoms with van der Waals surface area (Å²) < 4.78 is 0.756. The summed E-state index contributed by atoms with van der Waals surface area (Å²) in [6.45, 7) is 0. The Hall–Kier alpha value is -0.991. The Morgan fingerprint density at radius 2 is 1.53 bits per heavy atom. The molecule has 84 valence electrons. The van der Waals surface area contributed by atoms with E-state index in [1.807, 2.05) is 12.2 Å². The van der Waals surface area contributed by atoms with E-state index in [9.17, 15) is 14.4 Å². The van der Waals surface area contributed by atoms with E-state index >= 15 is 0 Å². The van der Waals surface area contributed by atoms with Crippen LogP contribution < -0.4 is 0 Å². The molecule has 0 aromatic rings. The van der Waals surface area contributed by atoms with Gasteiger partial charge < -0.3 is 0 Å². The third-order valence-corrected chi connectivity index (χ3v) is 5.23. The van der Waals surface area contributed by atoms with Crippen molar-refractivity contribution in [3.05, 3.63) is 22.7 Å². The second-order valence-corrected chi connectivity index (χ2v) is 6.68. The predicted molar refractivity (Wildman–Crippen MR) is 55.9 cm³/mol. The van der Waals surface area contributed by atoms with Gasteiger partial charge in [0.25, 0.3) is 0 Å². The Morgan fingerprint density at radius 3 is 2.13 bits per heavy atom. The van der Waals surface area contributed by atoms with Gasteiger partial charge in [-0.2, -0.15) is 0 Å². The number of hydrogen-bond acceptors (Lipinski definition) is 3. The quantitative estimate of drug-likeness (QED) is 0.433. The first-order valence-electron chi connectivity index (χ1n) is 4.70. The third kappa shape index (κ3) is 2.74. The van der Waals surface area contributed by atoms with Gasteiger partial charge in [0.05, 0.1) is 0 Å². The Bertz CT molecular complexity index is 296. The molecule has 0 unspecified atom stereocenters. The number of rotatable bonds is 4. The van der Waals surface area contributed by atoms with Crippen LogP contribution >= 0.6 is 0 Å². The van der Waals surface area contributed by atoms with E-state index in [4.69, 9.17) is 0 Å². The Kier molecular flexibility index (Phi) is 4.66. The first-order chi connectivity index (χ1) is 7.29. The molecule has 0 saturated carbocycles. The average molecular weight is 250 g/mol. The van der Waals surface area contributed by atoms with E-state index in [0.29, 0.717) is 22.0 Å². The van der Waals surface area contributed by atoms with Crippen molar-refractivity contribution in [2.75, 3.05) is 0 Å². The molecule has 3 nitrogen and oxygen atoms in total. The van der Waals surface area contributed by atoms with Crippen LogP contribution in [-0.4, -0.2) is 15.6 Å². The molecule has 0 saturated heterocycles. The van der Waals surface area contributed by atoms with Gasteiger partial charge in [-0.1, -0.05) is 0 Å². The third-order valence-electron chi connectivity index (χ3n) is 2.21. The normalized spacial score (nSPS) is 18.3. The van der Waals surface area contributed by atoms with Gasteiger partial charge in [-0.3, -0.25) is 0 Å². The molecule has 4 heteroatoms. The summed E-state index contributed by atoms with van der Waals surface area (Å²) >= 11 is -2.93.